The van der Waals surface area contributed by atoms with Gasteiger partial charge in [-0.25, -0.2) is 17.5 Å². The molecule has 0 aliphatic heterocycles. The molecule has 1 aromatic rings. The van der Waals surface area contributed by atoms with Crippen LogP contribution >= 0.6 is 12.4 Å². The summed E-state index contributed by atoms with van der Waals surface area (Å²) in [4.78, 5) is -0.290. The Morgan fingerprint density at radius 3 is 2.56 bits per heavy atom. The van der Waals surface area contributed by atoms with Gasteiger partial charge in [0.1, 0.15) is 10.7 Å². The molecule has 0 atom stereocenters. The van der Waals surface area contributed by atoms with Gasteiger partial charge in [-0.2, -0.15) is 0 Å². The van der Waals surface area contributed by atoms with Crippen LogP contribution in [0.2, 0.25) is 0 Å². The SMILES string of the molecule is CNCCCNS(=O)(=O)c1cccc(C)c1F.Cl. The van der Waals surface area contributed by atoms with E-state index in [4.69, 9.17) is 0 Å². The molecule has 7 heteroatoms. The standard InChI is InChI=1S/C11H17FN2O2S.ClH/c1-9-5-3-6-10(11(9)12)17(15,16)14-8-4-7-13-2;/h3,5-6,13-14H,4,7-8H2,1-2H3;1H. The van der Waals surface area contributed by atoms with Crippen molar-refractivity contribution in [2.45, 2.75) is 18.2 Å². The lowest BCUT2D eigenvalue weighted by molar-refractivity contribution is 0.551. The molecule has 0 aliphatic rings. The molecule has 18 heavy (non-hydrogen) atoms. The zero-order valence-electron chi connectivity index (χ0n) is 10.4. The number of nitrogens with one attached hydrogen (secondary N) is 2. The summed E-state index contributed by atoms with van der Waals surface area (Å²) in [7, 11) is -1.96. The largest absolute Gasteiger partial charge is 0.320 e. The molecule has 0 radical (unpaired) electrons. The number of hydrogen-bond acceptors (Lipinski definition) is 3. The molecule has 104 valence electrons. The highest BCUT2D eigenvalue weighted by Crippen LogP contribution is 2.16. The first-order valence-electron chi connectivity index (χ1n) is 5.38. The molecule has 0 aliphatic carbocycles. The molecule has 0 heterocycles. The second kappa shape index (κ2) is 7.68. The zero-order chi connectivity index (χ0) is 12.9. The highest BCUT2D eigenvalue weighted by molar-refractivity contribution is 7.89. The Hall–Kier alpha value is -0.690. The van der Waals surface area contributed by atoms with Crippen molar-refractivity contribution in [1.82, 2.24) is 10.0 Å². The summed E-state index contributed by atoms with van der Waals surface area (Å²) in [5.41, 5.74) is 0.322. The minimum Gasteiger partial charge on any atom is -0.320 e. The molecule has 0 saturated heterocycles. The molecular weight excluding hydrogens is 279 g/mol. The quantitative estimate of drug-likeness (QED) is 0.781. The van der Waals surface area contributed by atoms with E-state index in [1.165, 1.54) is 25.1 Å². The van der Waals surface area contributed by atoms with Crippen LogP contribution in [-0.2, 0) is 10.0 Å². The third-order valence-electron chi connectivity index (χ3n) is 2.34. The van der Waals surface area contributed by atoms with Crippen molar-refractivity contribution >= 4 is 22.4 Å². The van der Waals surface area contributed by atoms with Crippen LogP contribution in [0.1, 0.15) is 12.0 Å². The fraction of sp³-hybridized carbons (Fsp3) is 0.455. The Balaban J connectivity index is 0.00000289. The second-order valence-electron chi connectivity index (χ2n) is 3.74. The van der Waals surface area contributed by atoms with Crippen molar-refractivity contribution in [3.05, 3.63) is 29.6 Å². The van der Waals surface area contributed by atoms with Gasteiger partial charge >= 0.3 is 0 Å². The van der Waals surface area contributed by atoms with Crippen LogP contribution in [0.4, 0.5) is 4.39 Å². The molecule has 0 fully saturated rings. The lowest BCUT2D eigenvalue weighted by Crippen LogP contribution is -2.27. The van der Waals surface area contributed by atoms with Gasteiger partial charge in [-0.1, -0.05) is 12.1 Å². The molecule has 0 aromatic heterocycles. The van der Waals surface area contributed by atoms with Gasteiger partial charge in [0.05, 0.1) is 0 Å². The van der Waals surface area contributed by atoms with Gasteiger partial charge in [-0.15, -0.1) is 12.4 Å². The summed E-state index contributed by atoms with van der Waals surface area (Å²) in [6.45, 7) is 2.53. The molecule has 0 amide bonds. The predicted octanol–water partition coefficient (Wildman–Crippen LogP) is 1.44. The summed E-state index contributed by atoms with van der Waals surface area (Å²) in [5.74, 6) is -0.686. The maximum atomic E-state index is 13.6. The Morgan fingerprint density at radius 1 is 1.28 bits per heavy atom. The highest BCUT2D eigenvalue weighted by atomic mass is 35.5. The second-order valence-corrected chi connectivity index (χ2v) is 5.48. The van der Waals surface area contributed by atoms with Gasteiger partial charge in [0.2, 0.25) is 10.0 Å². The molecule has 1 aromatic carbocycles. The van der Waals surface area contributed by atoms with Crippen LogP contribution in [-0.4, -0.2) is 28.6 Å². The van der Waals surface area contributed by atoms with Gasteiger partial charge in [0.25, 0.3) is 0 Å². The van der Waals surface area contributed by atoms with Crippen molar-refractivity contribution in [3.63, 3.8) is 0 Å². The van der Waals surface area contributed by atoms with Crippen LogP contribution in [0, 0.1) is 12.7 Å². The van der Waals surface area contributed by atoms with E-state index >= 15 is 0 Å². The van der Waals surface area contributed by atoms with Gasteiger partial charge in [0.15, 0.2) is 0 Å². The van der Waals surface area contributed by atoms with E-state index in [0.717, 1.165) is 0 Å². The molecule has 2 N–H and O–H groups in total. The average Bonchev–Trinajstić information content (AvgIpc) is 2.28. The smallest absolute Gasteiger partial charge is 0.243 e. The molecule has 0 saturated carbocycles. The number of rotatable bonds is 6. The molecule has 4 nitrogen and oxygen atoms in total. The van der Waals surface area contributed by atoms with Gasteiger partial charge in [-0.3, -0.25) is 0 Å². The first-order valence-corrected chi connectivity index (χ1v) is 6.86. The third-order valence-corrected chi connectivity index (χ3v) is 3.82. The van der Waals surface area contributed by atoms with Crippen molar-refractivity contribution in [1.29, 1.82) is 0 Å². The number of sulfonamides is 1. The van der Waals surface area contributed by atoms with E-state index < -0.39 is 15.8 Å². The maximum Gasteiger partial charge on any atom is 0.243 e. The molecule has 0 spiro atoms. The summed E-state index contributed by atoms with van der Waals surface area (Å²) in [6, 6.07) is 4.33. The van der Waals surface area contributed by atoms with Gasteiger partial charge in [-0.05, 0) is 38.6 Å². The number of hydrogen-bond donors (Lipinski definition) is 2. The van der Waals surface area contributed by atoms with E-state index in [2.05, 4.69) is 10.0 Å². The number of benzene rings is 1. The normalized spacial score (nSPS) is 11.1. The fourth-order valence-electron chi connectivity index (χ4n) is 1.38. The Bertz CT molecular complexity index is 480. The average molecular weight is 297 g/mol. The topological polar surface area (TPSA) is 58.2 Å². The summed E-state index contributed by atoms with van der Waals surface area (Å²) < 4.78 is 39.6. The van der Waals surface area contributed by atoms with Crippen LogP contribution in [0.15, 0.2) is 23.1 Å². The predicted molar refractivity (Wildman–Crippen MR) is 72.1 cm³/mol. The van der Waals surface area contributed by atoms with Crippen LogP contribution in [0.5, 0.6) is 0 Å². The van der Waals surface area contributed by atoms with Crippen LogP contribution < -0.4 is 10.0 Å². The van der Waals surface area contributed by atoms with Gasteiger partial charge in [0, 0.05) is 6.54 Å². The van der Waals surface area contributed by atoms with Crippen LogP contribution in [0.3, 0.4) is 0 Å². The van der Waals surface area contributed by atoms with Crippen molar-refractivity contribution in [3.8, 4) is 0 Å². The molecule has 1 rings (SSSR count). The summed E-state index contributed by atoms with van der Waals surface area (Å²) >= 11 is 0. The zero-order valence-corrected chi connectivity index (χ0v) is 12.0. The molecular formula is C11H18ClFN2O2S. The first-order chi connectivity index (χ1) is 7.99. The van der Waals surface area contributed by atoms with E-state index in [0.29, 0.717) is 18.5 Å². The van der Waals surface area contributed by atoms with E-state index in [-0.39, 0.29) is 23.8 Å². The fourth-order valence-corrected chi connectivity index (χ4v) is 2.60. The molecule has 0 unspecified atom stereocenters. The van der Waals surface area contributed by atoms with E-state index in [9.17, 15) is 12.8 Å². The Kier molecular flexibility index (Phi) is 7.39. The first kappa shape index (κ1) is 17.3. The van der Waals surface area contributed by atoms with E-state index in [1.54, 1.807) is 7.05 Å². The van der Waals surface area contributed by atoms with E-state index in [1.807, 2.05) is 0 Å². The minimum absolute atomic E-state index is 0. The summed E-state index contributed by atoms with van der Waals surface area (Å²) in [5, 5.41) is 2.91. The van der Waals surface area contributed by atoms with Gasteiger partial charge < -0.3 is 5.32 Å². The Morgan fingerprint density at radius 2 is 1.94 bits per heavy atom. The molecule has 0 bridgehead atoms. The summed E-state index contributed by atoms with van der Waals surface area (Å²) in [6.07, 6.45) is 0.656. The number of aryl methyl sites for hydroxylation is 1. The van der Waals surface area contributed by atoms with Crippen molar-refractivity contribution in [2.24, 2.45) is 0 Å². The monoisotopic (exact) mass is 296 g/mol. The minimum atomic E-state index is -3.75. The number of halogens is 2. The van der Waals surface area contributed by atoms with Crippen molar-refractivity contribution in [2.75, 3.05) is 20.1 Å². The van der Waals surface area contributed by atoms with Crippen LogP contribution in [0.25, 0.3) is 0 Å². The lowest BCUT2D eigenvalue weighted by Gasteiger charge is -2.08. The third kappa shape index (κ3) is 4.53. The lowest BCUT2D eigenvalue weighted by atomic mass is 10.2. The maximum absolute atomic E-state index is 13.6. The van der Waals surface area contributed by atoms with Crippen molar-refractivity contribution < 1.29 is 12.8 Å². The highest BCUT2D eigenvalue weighted by Gasteiger charge is 2.19. The Labute approximate surface area is 113 Å².